The molecule has 0 bridgehead atoms. The second-order valence-electron chi connectivity index (χ2n) is 7.27. The fourth-order valence-electron chi connectivity index (χ4n) is 3.17. The highest BCUT2D eigenvalue weighted by molar-refractivity contribution is 5.80. The maximum absolute atomic E-state index is 12.6. The van der Waals surface area contributed by atoms with Gasteiger partial charge in [-0.15, -0.1) is 0 Å². The number of aromatic nitrogens is 4. The van der Waals surface area contributed by atoms with Crippen LogP contribution in [-0.2, 0) is 20.1 Å². The van der Waals surface area contributed by atoms with Gasteiger partial charge in [-0.05, 0) is 30.0 Å². The summed E-state index contributed by atoms with van der Waals surface area (Å²) < 4.78 is 3.65. The fourth-order valence-corrected chi connectivity index (χ4v) is 3.17. The molecular weight excluding hydrogens is 374 g/mol. The third-order valence-electron chi connectivity index (χ3n) is 4.54. The second kappa shape index (κ2) is 7.86. The van der Waals surface area contributed by atoms with Gasteiger partial charge in [-0.2, -0.15) is 5.10 Å². The van der Waals surface area contributed by atoms with Gasteiger partial charge in [0.1, 0.15) is 5.69 Å². The van der Waals surface area contributed by atoms with Gasteiger partial charge in [0.15, 0.2) is 0 Å². The monoisotopic (exact) mass is 397 g/mol. The van der Waals surface area contributed by atoms with E-state index in [1.54, 1.807) is 20.2 Å². The van der Waals surface area contributed by atoms with Gasteiger partial charge in [-0.1, -0.05) is 32.0 Å². The molecule has 0 unspecified atom stereocenters. The average molecular weight is 397 g/mol. The van der Waals surface area contributed by atoms with E-state index in [4.69, 9.17) is 0 Å². The second-order valence-corrected chi connectivity index (χ2v) is 7.27. The maximum Gasteiger partial charge on any atom is 0.358 e. The predicted octanol–water partition coefficient (Wildman–Crippen LogP) is 2.66. The number of hydrogen-bond acceptors (Lipinski definition) is 5. The van der Waals surface area contributed by atoms with Crippen LogP contribution in [0.15, 0.2) is 46.2 Å². The molecule has 9 nitrogen and oxygen atoms in total. The Balaban J connectivity index is 0.000000334. The molecule has 0 saturated heterocycles. The van der Waals surface area contributed by atoms with E-state index in [-0.39, 0.29) is 24.7 Å². The van der Waals surface area contributed by atoms with E-state index in [2.05, 4.69) is 29.4 Å². The molecule has 152 valence electrons. The zero-order valence-electron chi connectivity index (χ0n) is 16.8. The van der Waals surface area contributed by atoms with Crippen molar-refractivity contribution in [2.24, 2.45) is 13.0 Å². The molecule has 0 N–H and O–H groups in total. The van der Waals surface area contributed by atoms with Gasteiger partial charge in [-0.25, -0.2) is 4.79 Å². The molecule has 2 aromatic rings. The minimum atomic E-state index is -0.888. The molecule has 9 heteroatoms. The molecule has 29 heavy (non-hydrogen) atoms. The summed E-state index contributed by atoms with van der Waals surface area (Å²) in [5.41, 5.74) is 1.20. The molecule has 2 aliphatic carbocycles. The van der Waals surface area contributed by atoms with Crippen molar-refractivity contribution in [1.82, 2.24) is 18.9 Å². The Bertz CT molecular complexity index is 1170. The van der Waals surface area contributed by atoms with Crippen LogP contribution in [0.25, 0.3) is 22.4 Å². The third-order valence-corrected chi connectivity index (χ3v) is 4.54. The van der Waals surface area contributed by atoms with Crippen LogP contribution >= 0.6 is 0 Å². The summed E-state index contributed by atoms with van der Waals surface area (Å²) in [5.74, 6) is 0.0746. The van der Waals surface area contributed by atoms with E-state index >= 15 is 0 Å². The summed E-state index contributed by atoms with van der Waals surface area (Å²) in [6, 6.07) is 8.48. The van der Waals surface area contributed by atoms with Crippen molar-refractivity contribution in [2.45, 2.75) is 33.9 Å². The molecule has 0 atom stereocenters. The third kappa shape index (κ3) is 4.03. The van der Waals surface area contributed by atoms with Gasteiger partial charge >= 0.3 is 16.9 Å². The number of hydrogen-bond donors (Lipinski definition) is 0. The van der Waals surface area contributed by atoms with Crippen LogP contribution in [0.4, 0.5) is 5.69 Å². The SMILES string of the molecule is CCn1c(=O)c([N+](=O)[O-])c(-c2cnn(C)c2)n(CC(C)C)c1=O.c1cc2cc-2c1. The Morgan fingerprint density at radius 3 is 2.17 bits per heavy atom. The van der Waals surface area contributed by atoms with E-state index in [1.807, 2.05) is 13.8 Å². The number of rotatable bonds is 5. The maximum atomic E-state index is 12.6. The Morgan fingerprint density at radius 1 is 1.14 bits per heavy atom. The normalized spacial score (nSPS) is 11.2. The Morgan fingerprint density at radius 2 is 1.79 bits per heavy atom. The lowest BCUT2D eigenvalue weighted by Gasteiger charge is -2.16. The van der Waals surface area contributed by atoms with Gasteiger partial charge in [0, 0.05) is 31.9 Å². The van der Waals surface area contributed by atoms with Crippen LogP contribution in [-0.4, -0.2) is 23.8 Å². The van der Waals surface area contributed by atoms with Gasteiger partial charge < -0.3 is 0 Å². The minimum absolute atomic E-state index is 0.0106. The first-order valence-corrected chi connectivity index (χ1v) is 9.36. The number of nitro groups is 1. The number of fused-ring (bicyclic) bond motifs is 1. The van der Waals surface area contributed by atoms with Crippen molar-refractivity contribution in [1.29, 1.82) is 0 Å². The van der Waals surface area contributed by atoms with Crippen molar-refractivity contribution < 1.29 is 4.92 Å². The first kappa shape index (κ1) is 20.2. The molecule has 0 spiro atoms. The number of benzene rings is 1. The lowest BCUT2D eigenvalue weighted by atomic mass is 10.1. The molecule has 0 saturated carbocycles. The van der Waals surface area contributed by atoms with Gasteiger partial charge in [0.2, 0.25) is 0 Å². The van der Waals surface area contributed by atoms with Gasteiger partial charge in [-0.3, -0.25) is 28.7 Å². The highest BCUT2D eigenvalue weighted by Gasteiger charge is 2.29. The first-order chi connectivity index (χ1) is 13.7. The van der Waals surface area contributed by atoms with Crippen molar-refractivity contribution in [3.8, 4) is 22.4 Å². The summed E-state index contributed by atoms with van der Waals surface area (Å²) in [7, 11) is 1.66. The van der Waals surface area contributed by atoms with Crippen LogP contribution in [0.5, 0.6) is 0 Å². The van der Waals surface area contributed by atoms with E-state index in [0.717, 1.165) is 4.57 Å². The molecule has 2 aromatic heterocycles. The minimum Gasteiger partial charge on any atom is -0.287 e. The number of nitrogens with zero attached hydrogens (tertiary/aromatic N) is 5. The summed E-state index contributed by atoms with van der Waals surface area (Å²) in [6.07, 6.45) is 2.96. The van der Waals surface area contributed by atoms with Crippen LogP contribution < -0.4 is 11.2 Å². The topological polar surface area (TPSA) is 105 Å². The molecule has 0 aromatic carbocycles. The van der Waals surface area contributed by atoms with Crippen molar-refractivity contribution in [2.75, 3.05) is 0 Å². The Labute approximate surface area is 167 Å². The highest BCUT2D eigenvalue weighted by atomic mass is 16.6. The molecule has 2 aliphatic rings. The molecule has 0 amide bonds. The summed E-state index contributed by atoms with van der Waals surface area (Å²) in [6.45, 7) is 5.74. The predicted molar refractivity (Wildman–Crippen MR) is 110 cm³/mol. The quantitative estimate of drug-likeness (QED) is 0.380. The summed E-state index contributed by atoms with van der Waals surface area (Å²) in [4.78, 5) is 35.8. The fraction of sp³-hybridized carbons (Fsp3) is 0.350. The standard InChI is InChI=1S/C14H19N5O4.C6H4/c1-5-17-13(20)12(19(22)23)11(10-6-15-16(4)8-10)18(14(17)21)7-9(2)3;1-2-5-4-6(5)3-1/h6,8-9H,5,7H2,1-4H3;1-4H. The molecule has 0 aliphatic heterocycles. The largest absolute Gasteiger partial charge is 0.358 e. The van der Waals surface area contributed by atoms with Gasteiger partial charge in [0.05, 0.1) is 11.1 Å². The van der Waals surface area contributed by atoms with Gasteiger partial charge in [0.25, 0.3) is 0 Å². The van der Waals surface area contributed by atoms with Crippen molar-refractivity contribution >= 4 is 5.69 Å². The van der Waals surface area contributed by atoms with Crippen molar-refractivity contribution in [3.05, 3.63) is 67.6 Å². The van der Waals surface area contributed by atoms with E-state index in [0.29, 0.717) is 5.56 Å². The molecule has 0 fully saturated rings. The lowest BCUT2D eigenvalue weighted by Crippen LogP contribution is -2.42. The highest BCUT2D eigenvalue weighted by Crippen LogP contribution is 2.32. The molecule has 2 heterocycles. The van der Waals surface area contributed by atoms with Crippen LogP contribution in [0.2, 0.25) is 0 Å². The first-order valence-electron chi connectivity index (χ1n) is 9.36. The van der Waals surface area contributed by atoms with E-state index < -0.39 is 21.9 Å². The zero-order chi connectivity index (χ0) is 21.3. The zero-order valence-corrected chi connectivity index (χ0v) is 16.8. The Kier molecular flexibility index (Phi) is 5.49. The molecule has 4 rings (SSSR count). The van der Waals surface area contributed by atoms with Crippen molar-refractivity contribution in [3.63, 3.8) is 0 Å². The smallest absolute Gasteiger partial charge is 0.287 e. The number of aryl methyl sites for hydroxylation is 1. The van der Waals surface area contributed by atoms with Crippen LogP contribution in [0.3, 0.4) is 0 Å². The van der Waals surface area contributed by atoms with E-state index in [1.165, 1.54) is 26.6 Å². The average Bonchev–Trinajstić information content (AvgIpc) is 3.02. The molecule has 0 radical (unpaired) electrons. The Hall–Kier alpha value is -3.49. The lowest BCUT2D eigenvalue weighted by molar-refractivity contribution is -0.386. The van der Waals surface area contributed by atoms with E-state index in [9.17, 15) is 19.7 Å². The van der Waals surface area contributed by atoms with Crippen LogP contribution in [0, 0.1) is 16.0 Å². The summed E-state index contributed by atoms with van der Waals surface area (Å²) >= 11 is 0. The summed E-state index contributed by atoms with van der Waals surface area (Å²) in [5, 5.41) is 15.5. The van der Waals surface area contributed by atoms with Crippen LogP contribution in [0.1, 0.15) is 20.8 Å². The molecular formula is C20H23N5O4.